The van der Waals surface area contributed by atoms with E-state index in [4.69, 9.17) is 9.52 Å². The highest BCUT2D eigenvalue weighted by atomic mass is 32.2. The summed E-state index contributed by atoms with van der Waals surface area (Å²) < 4.78 is 63.3. The van der Waals surface area contributed by atoms with Gasteiger partial charge in [0.15, 0.2) is 9.73 Å². The number of hydrogen-bond acceptors (Lipinski definition) is 4. The summed E-state index contributed by atoms with van der Waals surface area (Å²) >= 11 is 0. The van der Waals surface area contributed by atoms with Gasteiger partial charge in [-0.15, -0.1) is 0 Å². The zero-order chi connectivity index (χ0) is 21.1. The largest absolute Gasteiger partial charge is 0.483 e. The van der Waals surface area contributed by atoms with Crippen LogP contribution in [-0.2, 0) is 9.73 Å². The summed E-state index contributed by atoms with van der Waals surface area (Å²) in [4.78, 5) is 5.69. The van der Waals surface area contributed by atoms with Gasteiger partial charge in [-0.2, -0.15) is 13.2 Å². The molecule has 152 valence electrons. The van der Waals surface area contributed by atoms with E-state index >= 15 is 0 Å². The zero-order valence-corrected chi connectivity index (χ0v) is 16.8. The summed E-state index contributed by atoms with van der Waals surface area (Å²) in [5.41, 5.74) is -2.82. The molecule has 9 heteroatoms. The third-order valence-corrected chi connectivity index (χ3v) is 5.65. The number of rotatable bonds is 6. The number of benzene rings is 2. The first-order chi connectivity index (χ1) is 13.0. The van der Waals surface area contributed by atoms with E-state index in [0.29, 0.717) is 5.75 Å². The first-order valence-corrected chi connectivity index (χ1v) is 10.00. The summed E-state index contributed by atoms with van der Waals surface area (Å²) in [6.07, 6.45) is 1.72. The number of halogens is 3. The Morgan fingerprint density at radius 3 is 2.50 bits per heavy atom. The number of nitrogens with one attached hydrogen (secondary N) is 1. The van der Waals surface area contributed by atoms with E-state index in [1.807, 2.05) is 31.9 Å². The summed E-state index contributed by atoms with van der Waals surface area (Å²) in [7, 11) is -3.03. The first kappa shape index (κ1) is 21.7. The molecule has 1 N–H and O–H groups in total. The molecule has 2 rings (SSSR count). The van der Waals surface area contributed by atoms with Crippen molar-refractivity contribution in [2.75, 3.05) is 13.6 Å². The van der Waals surface area contributed by atoms with Crippen molar-refractivity contribution >= 4 is 21.8 Å². The van der Waals surface area contributed by atoms with Crippen molar-refractivity contribution < 1.29 is 22.1 Å². The van der Waals surface area contributed by atoms with Gasteiger partial charge in [-0.25, -0.2) is 14.0 Å². The highest BCUT2D eigenvalue weighted by Gasteiger charge is 2.43. The standard InChI is InChI=1S/C19H22F3N3O2S/c1-5-25(4)12-24-17-9-14(3)18(10-13(17)2)27-15-7-6-8-16(11-15)28(23,26)19(20,21)22/h6-12,23H,5H2,1-4H3. The van der Waals surface area contributed by atoms with Crippen LogP contribution in [0.5, 0.6) is 11.5 Å². The van der Waals surface area contributed by atoms with Crippen LogP contribution in [0.4, 0.5) is 18.9 Å². The van der Waals surface area contributed by atoms with Crippen LogP contribution in [0.1, 0.15) is 18.1 Å². The molecule has 2 aromatic rings. The Morgan fingerprint density at radius 1 is 1.21 bits per heavy atom. The number of ether oxygens (including phenoxy) is 1. The molecule has 0 saturated carbocycles. The highest BCUT2D eigenvalue weighted by Crippen LogP contribution is 2.35. The first-order valence-electron chi connectivity index (χ1n) is 8.44. The van der Waals surface area contributed by atoms with Crippen molar-refractivity contribution in [3.05, 3.63) is 47.5 Å². The van der Waals surface area contributed by atoms with Crippen molar-refractivity contribution in [2.24, 2.45) is 4.99 Å². The number of nitrogens with zero attached hydrogens (tertiary/aromatic N) is 2. The van der Waals surface area contributed by atoms with Gasteiger partial charge in [0.2, 0.25) is 0 Å². The van der Waals surface area contributed by atoms with E-state index in [1.165, 1.54) is 12.1 Å². The number of alkyl halides is 3. The third-order valence-electron chi connectivity index (χ3n) is 4.08. The minimum Gasteiger partial charge on any atom is -0.457 e. The summed E-state index contributed by atoms with van der Waals surface area (Å²) in [5.74, 6) is 0.520. The fourth-order valence-electron chi connectivity index (χ4n) is 2.24. The molecule has 1 atom stereocenters. The summed E-state index contributed by atoms with van der Waals surface area (Å²) in [5, 5.41) is 0. The SMILES string of the molecule is CCN(C)C=Nc1cc(C)c(Oc2cccc(S(=N)(=O)C(F)(F)F)c2)cc1C. The minimum atomic E-state index is -5.15. The van der Waals surface area contributed by atoms with Gasteiger partial charge in [-0.05, 0) is 62.2 Å². The van der Waals surface area contributed by atoms with Gasteiger partial charge in [0.25, 0.3) is 0 Å². The Labute approximate surface area is 162 Å². The van der Waals surface area contributed by atoms with Gasteiger partial charge < -0.3 is 9.64 Å². The van der Waals surface area contributed by atoms with Crippen molar-refractivity contribution in [2.45, 2.75) is 31.2 Å². The average Bonchev–Trinajstić information content (AvgIpc) is 2.62. The molecular weight excluding hydrogens is 391 g/mol. The number of aryl methyl sites for hydroxylation is 2. The molecule has 0 aliphatic rings. The number of aliphatic imine (C=N–C) groups is 1. The maximum Gasteiger partial charge on any atom is 0.483 e. The van der Waals surface area contributed by atoms with E-state index in [2.05, 4.69) is 4.99 Å². The lowest BCUT2D eigenvalue weighted by molar-refractivity contribution is -0.0406. The van der Waals surface area contributed by atoms with Crippen LogP contribution in [-0.4, -0.2) is 34.5 Å². The molecule has 5 nitrogen and oxygen atoms in total. The molecule has 0 saturated heterocycles. The molecule has 0 heterocycles. The van der Waals surface area contributed by atoms with Crippen molar-refractivity contribution in [1.29, 1.82) is 4.78 Å². The topological polar surface area (TPSA) is 65.8 Å². The van der Waals surface area contributed by atoms with E-state index < -0.39 is 20.1 Å². The Morgan fingerprint density at radius 2 is 1.89 bits per heavy atom. The van der Waals surface area contributed by atoms with Crippen LogP contribution in [0.2, 0.25) is 0 Å². The quantitative estimate of drug-likeness (QED) is 0.493. The maximum absolute atomic E-state index is 12.9. The fraction of sp³-hybridized carbons (Fsp3) is 0.316. The van der Waals surface area contributed by atoms with Gasteiger partial charge >= 0.3 is 5.51 Å². The van der Waals surface area contributed by atoms with E-state index in [9.17, 15) is 17.4 Å². The third kappa shape index (κ3) is 4.83. The molecule has 0 radical (unpaired) electrons. The fourth-order valence-corrected chi connectivity index (χ4v) is 3.06. The second kappa shape index (κ2) is 8.22. The molecule has 0 bridgehead atoms. The Kier molecular flexibility index (Phi) is 6.38. The summed E-state index contributed by atoms with van der Waals surface area (Å²) in [6.45, 7) is 6.46. The van der Waals surface area contributed by atoms with Crippen LogP contribution in [0.15, 0.2) is 46.3 Å². The monoisotopic (exact) mass is 413 g/mol. The zero-order valence-electron chi connectivity index (χ0n) is 16.0. The van der Waals surface area contributed by atoms with Crippen LogP contribution < -0.4 is 4.74 Å². The smallest absolute Gasteiger partial charge is 0.457 e. The number of hydrogen-bond donors (Lipinski definition) is 1. The lowest BCUT2D eigenvalue weighted by Crippen LogP contribution is -2.21. The maximum atomic E-state index is 12.9. The van der Waals surface area contributed by atoms with Crippen LogP contribution in [0, 0.1) is 18.6 Å². The molecule has 2 aromatic carbocycles. The second-order valence-electron chi connectivity index (χ2n) is 6.30. The highest BCUT2D eigenvalue weighted by molar-refractivity contribution is 7.93. The lowest BCUT2D eigenvalue weighted by Gasteiger charge is -2.15. The average molecular weight is 413 g/mol. The van der Waals surface area contributed by atoms with Gasteiger partial charge in [0.05, 0.1) is 16.9 Å². The Balaban J connectivity index is 2.33. The van der Waals surface area contributed by atoms with Crippen molar-refractivity contribution in [3.63, 3.8) is 0 Å². The molecule has 1 unspecified atom stereocenters. The van der Waals surface area contributed by atoms with E-state index in [0.717, 1.165) is 35.5 Å². The van der Waals surface area contributed by atoms with Crippen molar-refractivity contribution in [1.82, 2.24) is 4.90 Å². The van der Waals surface area contributed by atoms with Gasteiger partial charge in [0, 0.05) is 13.6 Å². The van der Waals surface area contributed by atoms with E-state index in [1.54, 1.807) is 19.3 Å². The predicted molar refractivity (Wildman–Crippen MR) is 104 cm³/mol. The van der Waals surface area contributed by atoms with Crippen molar-refractivity contribution in [3.8, 4) is 11.5 Å². The van der Waals surface area contributed by atoms with Gasteiger partial charge in [-0.3, -0.25) is 0 Å². The minimum absolute atomic E-state index is 0.0752. The molecule has 0 aliphatic heterocycles. The molecule has 0 spiro atoms. The Hall–Kier alpha value is -2.55. The van der Waals surface area contributed by atoms with E-state index in [-0.39, 0.29) is 5.75 Å². The van der Waals surface area contributed by atoms with Gasteiger partial charge in [0.1, 0.15) is 11.5 Å². The normalized spacial score (nSPS) is 14.1. The predicted octanol–water partition coefficient (Wildman–Crippen LogP) is 5.63. The van der Waals surface area contributed by atoms with Gasteiger partial charge in [-0.1, -0.05) is 6.07 Å². The Bertz CT molecular complexity index is 986. The lowest BCUT2D eigenvalue weighted by atomic mass is 10.1. The molecule has 0 aromatic heterocycles. The van der Waals surface area contributed by atoms with Crippen LogP contribution in [0.25, 0.3) is 0 Å². The molecule has 0 amide bonds. The van der Waals surface area contributed by atoms with Crippen LogP contribution >= 0.6 is 0 Å². The van der Waals surface area contributed by atoms with Crippen LogP contribution in [0.3, 0.4) is 0 Å². The molecule has 28 heavy (non-hydrogen) atoms. The molecule has 0 fully saturated rings. The molecule has 0 aliphatic carbocycles. The summed E-state index contributed by atoms with van der Waals surface area (Å²) in [6, 6.07) is 8.29. The molecular formula is C19H22F3N3O2S. The second-order valence-corrected chi connectivity index (χ2v) is 8.35.